The molecule has 126 valence electrons. The maximum atomic E-state index is 12.6. The summed E-state index contributed by atoms with van der Waals surface area (Å²) in [6.45, 7) is 5.19. The molecule has 3 heterocycles. The smallest absolute Gasteiger partial charge is 0.339 e. The van der Waals surface area contributed by atoms with Gasteiger partial charge in [0.1, 0.15) is 16.9 Å². The Balaban J connectivity index is 2.05. The first-order valence-corrected chi connectivity index (χ1v) is 7.54. The lowest BCUT2D eigenvalue weighted by molar-refractivity contribution is -0.224. The molecule has 0 bridgehead atoms. The van der Waals surface area contributed by atoms with Crippen molar-refractivity contribution in [1.29, 1.82) is 0 Å². The molecule has 4 rings (SSSR count). The molecule has 3 aliphatic heterocycles. The molecule has 0 amide bonds. The largest absolute Gasteiger partial charge is 0.461 e. The molecule has 0 aromatic carbocycles. The number of rotatable bonds is 0. The van der Waals surface area contributed by atoms with Crippen LogP contribution in [0.2, 0.25) is 0 Å². The highest BCUT2D eigenvalue weighted by atomic mass is 16.7. The van der Waals surface area contributed by atoms with E-state index in [9.17, 15) is 24.6 Å². The van der Waals surface area contributed by atoms with Crippen LogP contribution in [0.5, 0.6) is 0 Å². The van der Waals surface area contributed by atoms with Crippen molar-refractivity contribution in [3.8, 4) is 0 Å². The van der Waals surface area contributed by atoms with E-state index in [1.807, 2.05) is 0 Å². The zero-order valence-electron chi connectivity index (χ0n) is 13.0. The third kappa shape index (κ3) is 1.20. The van der Waals surface area contributed by atoms with Crippen LogP contribution in [0.1, 0.15) is 33.6 Å². The Labute approximate surface area is 131 Å². The summed E-state index contributed by atoms with van der Waals surface area (Å²) in [6, 6.07) is 0. The van der Waals surface area contributed by atoms with Crippen LogP contribution >= 0.6 is 0 Å². The summed E-state index contributed by atoms with van der Waals surface area (Å²) in [5, 5.41) is 22.2. The molecule has 4 fully saturated rings. The summed E-state index contributed by atoms with van der Waals surface area (Å²) in [7, 11) is 0. The van der Waals surface area contributed by atoms with Gasteiger partial charge in [-0.05, 0) is 5.41 Å². The molecule has 2 N–H and O–H groups in total. The molecule has 1 aliphatic carbocycles. The van der Waals surface area contributed by atoms with Crippen LogP contribution in [0, 0.1) is 16.2 Å². The van der Waals surface area contributed by atoms with Crippen LogP contribution in [0.3, 0.4) is 0 Å². The minimum absolute atomic E-state index is 0.0679. The second-order valence-electron chi connectivity index (χ2n) is 7.89. The molecule has 8 nitrogen and oxygen atoms in total. The summed E-state index contributed by atoms with van der Waals surface area (Å²) in [5.74, 6) is -2.36. The maximum Gasteiger partial charge on any atom is 0.339 e. The number of carbonyl (C=O) groups is 3. The number of ether oxygens (including phenoxy) is 3. The molecule has 0 aromatic heterocycles. The van der Waals surface area contributed by atoms with Crippen LogP contribution in [-0.2, 0) is 28.6 Å². The van der Waals surface area contributed by atoms with Gasteiger partial charge in [-0.25, -0.2) is 4.79 Å². The molecule has 0 aromatic rings. The van der Waals surface area contributed by atoms with Gasteiger partial charge in [-0.1, -0.05) is 20.8 Å². The fourth-order valence-electron chi connectivity index (χ4n) is 5.15. The molecule has 0 unspecified atom stereocenters. The lowest BCUT2D eigenvalue weighted by Gasteiger charge is -2.49. The monoisotopic (exact) mass is 326 g/mol. The quantitative estimate of drug-likeness (QED) is 0.558. The van der Waals surface area contributed by atoms with Gasteiger partial charge in [0.2, 0.25) is 0 Å². The van der Waals surface area contributed by atoms with E-state index in [4.69, 9.17) is 14.2 Å². The number of aliphatic hydroxyl groups excluding tert-OH is 1. The highest BCUT2D eigenvalue weighted by molar-refractivity contribution is 5.94. The lowest BCUT2D eigenvalue weighted by Crippen LogP contribution is -2.65. The second-order valence-corrected chi connectivity index (χ2v) is 7.89. The van der Waals surface area contributed by atoms with Gasteiger partial charge in [-0.15, -0.1) is 0 Å². The normalized spacial score (nSPS) is 51.0. The van der Waals surface area contributed by atoms with Crippen molar-refractivity contribution >= 4 is 17.9 Å². The van der Waals surface area contributed by atoms with Crippen molar-refractivity contribution in [3.05, 3.63) is 0 Å². The molecule has 23 heavy (non-hydrogen) atoms. The Morgan fingerprint density at radius 2 is 1.78 bits per heavy atom. The van der Waals surface area contributed by atoms with Crippen LogP contribution in [0.15, 0.2) is 0 Å². The predicted octanol–water partition coefficient (Wildman–Crippen LogP) is -0.744. The van der Waals surface area contributed by atoms with Gasteiger partial charge in [-0.3, -0.25) is 9.59 Å². The third-order valence-electron chi connectivity index (χ3n) is 6.22. The summed E-state index contributed by atoms with van der Waals surface area (Å²) in [6.07, 6.45) is -4.58. The van der Waals surface area contributed by atoms with E-state index in [0.717, 1.165) is 0 Å². The standard InChI is InChI=1S/C15H18O8/c1-12(2,3)14(20)4-6-13(5-7(16)21-6)10(19)23-11-15(13,14)8(17)9(18)22-11/h6,8,11,17,20H,4-5H2,1-3H3/t6-,8+,11+,13-,14-,15-/m0/s1. The first-order chi connectivity index (χ1) is 10.5. The van der Waals surface area contributed by atoms with Gasteiger partial charge in [-0.2, -0.15) is 0 Å². The highest BCUT2D eigenvalue weighted by Crippen LogP contribution is 2.75. The number of hydrogen-bond donors (Lipinski definition) is 2. The number of esters is 3. The van der Waals surface area contributed by atoms with Gasteiger partial charge in [0, 0.05) is 6.42 Å². The predicted molar refractivity (Wildman–Crippen MR) is 70.4 cm³/mol. The summed E-state index contributed by atoms with van der Waals surface area (Å²) < 4.78 is 15.5. The van der Waals surface area contributed by atoms with Crippen molar-refractivity contribution < 1.29 is 38.8 Å². The van der Waals surface area contributed by atoms with E-state index in [2.05, 4.69) is 0 Å². The lowest BCUT2D eigenvalue weighted by atomic mass is 9.52. The molecule has 4 aliphatic rings. The van der Waals surface area contributed by atoms with Crippen molar-refractivity contribution in [2.45, 2.75) is 57.7 Å². The second kappa shape index (κ2) is 3.70. The number of aliphatic hydroxyl groups is 2. The van der Waals surface area contributed by atoms with Crippen molar-refractivity contribution in [1.82, 2.24) is 0 Å². The highest BCUT2D eigenvalue weighted by Gasteiger charge is 2.92. The van der Waals surface area contributed by atoms with E-state index >= 15 is 0 Å². The van der Waals surface area contributed by atoms with E-state index in [1.165, 1.54) is 0 Å². The zero-order chi connectivity index (χ0) is 17.0. The van der Waals surface area contributed by atoms with Crippen LogP contribution in [0.4, 0.5) is 0 Å². The molecular weight excluding hydrogens is 308 g/mol. The van der Waals surface area contributed by atoms with Gasteiger partial charge in [0.05, 0.1) is 12.0 Å². The Hall–Kier alpha value is -1.67. The third-order valence-corrected chi connectivity index (χ3v) is 6.22. The minimum atomic E-state index is -1.78. The molecule has 0 radical (unpaired) electrons. The van der Waals surface area contributed by atoms with Crippen LogP contribution < -0.4 is 0 Å². The Bertz CT molecular complexity index is 650. The van der Waals surface area contributed by atoms with Gasteiger partial charge in [0.15, 0.2) is 6.10 Å². The van der Waals surface area contributed by atoms with Crippen LogP contribution in [0.25, 0.3) is 0 Å². The van der Waals surface area contributed by atoms with Crippen molar-refractivity contribution in [2.75, 3.05) is 0 Å². The Morgan fingerprint density at radius 3 is 2.39 bits per heavy atom. The van der Waals surface area contributed by atoms with E-state index < -0.39 is 58.3 Å². The first-order valence-electron chi connectivity index (χ1n) is 7.54. The Kier molecular flexibility index (Phi) is 2.39. The minimum Gasteiger partial charge on any atom is -0.461 e. The first kappa shape index (κ1) is 14.9. The van der Waals surface area contributed by atoms with Crippen molar-refractivity contribution in [2.24, 2.45) is 16.2 Å². The van der Waals surface area contributed by atoms with E-state index in [-0.39, 0.29) is 12.8 Å². The van der Waals surface area contributed by atoms with Crippen LogP contribution in [-0.4, -0.2) is 52.2 Å². The fraction of sp³-hybridized carbons (Fsp3) is 0.800. The summed E-state index contributed by atoms with van der Waals surface area (Å²) in [5.41, 5.74) is -5.91. The average molecular weight is 326 g/mol. The molecule has 2 spiro atoms. The molecule has 8 heteroatoms. The Morgan fingerprint density at radius 1 is 1.13 bits per heavy atom. The van der Waals surface area contributed by atoms with Gasteiger partial charge >= 0.3 is 17.9 Å². The number of carbonyl (C=O) groups excluding carboxylic acids is 3. The van der Waals surface area contributed by atoms with Gasteiger partial charge in [0.25, 0.3) is 6.29 Å². The number of hydrogen-bond acceptors (Lipinski definition) is 8. The topological polar surface area (TPSA) is 119 Å². The summed E-state index contributed by atoms with van der Waals surface area (Å²) in [4.78, 5) is 36.5. The van der Waals surface area contributed by atoms with E-state index in [0.29, 0.717) is 0 Å². The molecule has 3 saturated heterocycles. The van der Waals surface area contributed by atoms with Crippen molar-refractivity contribution in [3.63, 3.8) is 0 Å². The molecule has 1 saturated carbocycles. The maximum absolute atomic E-state index is 12.6. The van der Waals surface area contributed by atoms with E-state index in [1.54, 1.807) is 20.8 Å². The molecule has 6 atom stereocenters. The van der Waals surface area contributed by atoms with Gasteiger partial charge < -0.3 is 24.4 Å². The summed E-state index contributed by atoms with van der Waals surface area (Å²) >= 11 is 0. The fourth-order valence-corrected chi connectivity index (χ4v) is 5.15. The SMILES string of the molecule is CC(C)(C)[C@@]1(O)C[C@@H]2OC(=O)C[C@@]23C(=O)O[C@H]2OC(=O)[C@@H](O)[C@]231. The zero-order valence-corrected chi connectivity index (χ0v) is 13.0. The average Bonchev–Trinajstić information content (AvgIpc) is 3.00. The molecular formula is C15H18O8.